The molecule has 0 aromatic rings. The molecule has 3 rings (SSSR count). The van der Waals surface area contributed by atoms with Gasteiger partial charge >= 0.3 is 5.97 Å². The summed E-state index contributed by atoms with van der Waals surface area (Å²) in [6, 6.07) is -0.919. The molecular weight excluding hydrogens is 302 g/mol. The zero-order valence-electron chi connectivity index (χ0n) is 11.1. The van der Waals surface area contributed by atoms with Crippen molar-refractivity contribution in [1.82, 2.24) is 4.31 Å². The number of carboxylic acids is 1. The van der Waals surface area contributed by atoms with Gasteiger partial charge in [-0.05, 0) is 31.6 Å². The molecule has 6 nitrogen and oxygen atoms in total. The Morgan fingerprint density at radius 3 is 2.65 bits per heavy atom. The molecule has 2 aliphatic heterocycles. The summed E-state index contributed by atoms with van der Waals surface area (Å²) in [5.74, 6) is -0.456. The minimum atomic E-state index is -3.59. The molecule has 2 saturated heterocycles. The maximum Gasteiger partial charge on any atom is 0.322 e. The summed E-state index contributed by atoms with van der Waals surface area (Å²) in [6.45, 7) is 0.601. The molecule has 0 aromatic heterocycles. The van der Waals surface area contributed by atoms with Crippen molar-refractivity contribution in [3.8, 4) is 0 Å². The van der Waals surface area contributed by atoms with Crippen LogP contribution in [-0.4, -0.2) is 59.4 Å². The van der Waals surface area contributed by atoms with Crippen LogP contribution in [0.1, 0.15) is 25.7 Å². The van der Waals surface area contributed by atoms with Crippen LogP contribution in [0, 0.1) is 5.92 Å². The van der Waals surface area contributed by atoms with Crippen LogP contribution in [0.3, 0.4) is 0 Å². The summed E-state index contributed by atoms with van der Waals surface area (Å²) in [5.41, 5.74) is 0. The first kappa shape index (κ1) is 14.6. The third-order valence-electron chi connectivity index (χ3n) is 4.03. The number of hydrogen-bond acceptors (Lipinski definition) is 5. The van der Waals surface area contributed by atoms with Gasteiger partial charge in [0.05, 0.1) is 17.2 Å². The van der Waals surface area contributed by atoms with Gasteiger partial charge in [-0.1, -0.05) is 0 Å². The number of nitrogens with zero attached hydrogens (tertiary/aromatic N) is 1. The van der Waals surface area contributed by atoms with E-state index in [1.54, 1.807) is 0 Å². The van der Waals surface area contributed by atoms with Crippen LogP contribution >= 0.6 is 11.8 Å². The largest absolute Gasteiger partial charge is 0.480 e. The van der Waals surface area contributed by atoms with Crippen LogP contribution in [0.2, 0.25) is 0 Å². The highest BCUT2D eigenvalue weighted by atomic mass is 32.2. The van der Waals surface area contributed by atoms with E-state index in [-0.39, 0.29) is 17.2 Å². The zero-order valence-corrected chi connectivity index (χ0v) is 12.7. The van der Waals surface area contributed by atoms with Gasteiger partial charge in [-0.15, -0.1) is 11.8 Å². The third-order valence-corrected chi connectivity index (χ3v) is 7.55. The highest BCUT2D eigenvalue weighted by Crippen LogP contribution is 2.46. The fraction of sp³-hybridized carbons (Fsp3) is 0.917. The second kappa shape index (κ2) is 5.47. The first-order valence-electron chi connectivity index (χ1n) is 6.96. The molecule has 0 radical (unpaired) electrons. The molecule has 1 N–H and O–H groups in total. The lowest BCUT2D eigenvalue weighted by atomic mass is 10.3. The van der Waals surface area contributed by atoms with Crippen LogP contribution in [0.4, 0.5) is 0 Å². The van der Waals surface area contributed by atoms with Gasteiger partial charge in [0, 0.05) is 12.4 Å². The normalized spacial score (nSPS) is 35.5. The summed E-state index contributed by atoms with van der Waals surface area (Å²) < 4.78 is 31.9. The van der Waals surface area contributed by atoms with E-state index in [1.807, 2.05) is 0 Å². The van der Waals surface area contributed by atoms with Gasteiger partial charge in [-0.2, -0.15) is 4.31 Å². The van der Waals surface area contributed by atoms with Gasteiger partial charge < -0.3 is 9.84 Å². The number of thioether (sulfide) groups is 1. The lowest BCUT2D eigenvalue weighted by Crippen LogP contribution is -2.48. The average molecular weight is 321 g/mol. The highest BCUT2D eigenvalue weighted by Gasteiger charge is 2.51. The van der Waals surface area contributed by atoms with Gasteiger partial charge in [0.1, 0.15) is 6.04 Å². The van der Waals surface area contributed by atoms with E-state index in [4.69, 9.17) is 4.74 Å². The van der Waals surface area contributed by atoms with Gasteiger partial charge in [-0.25, -0.2) is 8.42 Å². The molecule has 20 heavy (non-hydrogen) atoms. The van der Waals surface area contributed by atoms with Crippen molar-refractivity contribution in [2.75, 3.05) is 18.1 Å². The number of sulfonamides is 1. The lowest BCUT2D eigenvalue weighted by Gasteiger charge is -2.27. The summed E-state index contributed by atoms with van der Waals surface area (Å²) in [6.07, 6.45) is 3.33. The van der Waals surface area contributed by atoms with Gasteiger partial charge in [0.15, 0.2) is 0 Å². The average Bonchev–Trinajstić information content (AvgIpc) is 2.90. The van der Waals surface area contributed by atoms with Crippen LogP contribution in [0.25, 0.3) is 0 Å². The van der Waals surface area contributed by atoms with Crippen LogP contribution in [0.15, 0.2) is 0 Å². The molecule has 0 spiro atoms. The Hall–Kier alpha value is -0.310. The number of carboxylic acid groups (broad SMARTS) is 1. The SMILES string of the molecule is O=C(O)C1CSC(C2CC2)N1S(=O)(=O)CC1CCCO1. The van der Waals surface area contributed by atoms with Crippen molar-refractivity contribution in [3.63, 3.8) is 0 Å². The predicted octanol–water partition coefficient (Wildman–Crippen LogP) is 0.733. The third kappa shape index (κ3) is 2.84. The van der Waals surface area contributed by atoms with Crippen molar-refractivity contribution >= 4 is 27.8 Å². The van der Waals surface area contributed by atoms with Crippen LogP contribution < -0.4 is 0 Å². The topological polar surface area (TPSA) is 83.9 Å². The number of carbonyl (C=O) groups is 1. The number of hydrogen-bond donors (Lipinski definition) is 1. The second-order valence-electron chi connectivity index (χ2n) is 5.66. The Morgan fingerprint density at radius 1 is 1.35 bits per heavy atom. The van der Waals surface area contributed by atoms with Crippen molar-refractivity contribution in [1.29, 1.82) is 0 Å². The minimum Gasteiger partial charge on any atom is -0.480 e. The van der Waals surface area contributed by atoms with E-state index < -0.39 is 22.0 Å². The Labute approximate surface area is 122 Å². The summed E-state index contributed by atoms with van der Waals surface area (Å²) in [5, 5.41) is 9.09. The Kier molecular flexibility index (Phi) is 4.00. The fourth-order valence-corrected chi connectivity index (χ4v) is 7.01. The molecule has 3 aliphatic rings. The molecule has 1 saturated carbocycles. The molecule has 114 valence electrons. The van der Waals surface area contributed by atoms with Crippen molar-refractivity contribution < 1.29 is 23.1 Å². The Morgan fingerprint density at radius 2 is 2.10 bits per heavy atom. The van der Waals surface area contributed by atoms with Gasteiger partial charge in [-0.3, -0.25) is 4.79 Å². The van der Waals surface area contributed by atoms with E-state index in [0.717, 1.165) is 25.7 Å². The van der Waals surface area contributed by atoms with Crippen LogP contribution in [0.5, 0.6) is 0 Å². The molecule has 3 atom stereocenters. The van der Waals surface area contributed by atoms with Crippen molar-refractivity contribution in [2.45, 2.75) is 43.2 Å². The van der Waals surface area contributed by atoms with E-state index in [2.05, 4.69) is 0 Å². The molecule has 2 heterocycles. The van der Waals surface area contributed by atoms with Gasteiger partial charge in [0.2, 0.25) is 10.0 Å². The Bertz CT molecular complexity index is 484. The van der Waals surface area contributed by atoms with E-state index in [1.165, 1.54) is 16.1 Å². The molecule has 3 fully saturated rings. The number of rotatable bonds is 5. The summed E-state index contributed by atoms with van der Waals surface area (Å²) >= 11 is 1.47. The summed E-state index contributed by atoms with van der Waals surface area (Å²) in [7, 11) is -3.59. The first-order valence-corrected chi connectivity index (χ1v) is 9.62. The molecule has 8 heteroatoms. The smallest absolute Gasteiger partial charge is 0.322 e. The first-order chi connectivity index (χ1) is 9.49. The molecule has 0 amide bonds. The van der Waals surface area contributed by atoms with Crippen molar-refractivity contribution in [3.05, 3.63) is 0 Å². The van der Waals surface area contributed by atoms with E-state index in [0.29, 0.717) is 18.3 Å². The second-order valence-corrected chi connectivity index (χ2v) is 8.73. The maximum atomic E-state index is 12.6. The quantitative estimate of drug-likeness (QED) is 0.804. The standard InChI is InChI=1S/C12H19NO5S2/c14-12(15)10-6-19-11(8-3-4-8)13(10)20(16,17)7-9-2-1-5-18-9/h8-11H,1-7H2,(H,14,15). The molecule has 1 aliphatic carbocycles. The van der Waals surface area contributed by atoms with Gasteiger partial charge in [0.25, 0.3) is 0 Å². The summed E-state index contributed by atoms with van der Waals surface area (Å²) in [4.78, 5) is 11.3. The van der Waals surface area contributed by atoms with E-state index >= 15 is 0 Å². The van der Waals surface area contributed by atoms with Crippen LogP contribution in [-0.2, 0) is 19.6 Å². The lowest BCUT2D eigenvalue weighted by molar-refractivity contribution is -0.140. The molecule has 0 aromatic carbocycles. The number of aliphatic carboxylic acids is 1. The fourth-order valence-electron chi connectivity index (χ4n) is 2.87. The van der Waals surface area contributed by atoms with Crippen molar-refractivity contribution in [2.24, 2.45) is 5.92 Å². The predicted molar refractivity (Wildman–Crippen MR) is 75.0 cm³/mol. The molecule has 0 bridgehead atoms. The van der Waals surface area contributed by atoms with E-state index in [9.17, 15) is 18.3 Å². The minimum absolute atomic E-state index is 0.0828. The molecule has 3 unspecified atom stereocenters. The number of ether oxygens (including phenoxy) is 1. The Balaban J connectivity index is 1.80. The highest BCUT2D eigenvalue weighted by molar-refractivity contribution is 8.01. The monoisotopic (exact) mass is 321 g/mol. The molecular formula is C12H19NO5S2. The maximum absolute atomic E-state index is 12.6. The zero-order chi connectivity index (χ0) is 14.3.